The van der Waals surface area contributed by atoms with E-state index < -0.39 is 17.8 Å². The number of hydrogen-bond donors (Lipinski definition) is 5. The van der Waals surface area contributed by atoms with Gasteiger partial charge >= 0.3 is 0 Å². The average molecular weight is 522 g/mol. The molecule has 0 saturated heterocycles. The summed E-state index contributed by atoms with van der Waals surface area (Å²) in [6.45, 7) is 4.78. The third kappa shape index (κ3) is 17.0. The Kier molecular flexibility index (Phi) is 18.7. The van der Waals surface area contributed by atoms with Gasteiger partial charge in [0.2, 0.25) is 0 Å². The topological polar surface area (TPSA) is 161 Å². The average Bonchev–Trinajstić information content (AvgIpc) is 2.74. The van der Waals surface area contributed by atoms with E-state index in [1.54, 1.807) is 24.3 Å². The lowest BCUT2D eigenvalue weighted by Crippen LogP contribution is -2.13. The van der Waals surface area contributed by atoms with E-state index in [2.05, 4.69) is 42.7 Å². The van der Waals surface area contributed by atoms with Crippen molar-refractivity contribution < 1.29 is 29.9 Å². The molecule has 0 fully saturated rings. The molecule has 0 unspecified atom stereocenters. The first-order valence-electron chi connectivity index (χ1n) is 8.73. The van der Waals surface area contributed by atoms with Gasteiger partial charge in [0.1, 0.15) is 12.4 Å². The van der Waals surface area contributed by atoms with E-state index in [9.17, 15) is 9.59 Å². The second-order valence-electron chi connectivity index (χ2n) is 5.76. The minimum absolute atomic E-state index is 0.447. The van der Waals surface area contributed by atoms with Crippen molar-refractivity contribution in [1.29, 1.82) is 0 Å². The van der Waals surface area contributed by atoms with Crippen LogP contribution < -0.4 is 10.6 Å². The van der Waals surface area contributed by atoms with Gasteiger partial charge in [-0.2, -0.15) is 0 Å². The van der Waals surface area contributed by atoms with Crippen LogP contribution in [0.5, 0.6) is 0 Å². The summed E-state index contributed by atoms with van der Waals surface area (Å²) in [7, 11) is 8.22. The zero-order valence-electron chi connectivity index (χ0n) is 17.8. The minimum atomic E-state index is -0.833. The van der Waals surface area contributed by atoms with Crippen LogP contribution in [0.15, 0.2) is 52.8 Å². The fourth-order valence-electron chi connectivity index (χ4n) is 1.92. The Labute approximate surface area is 205 Å². The summed E-state index contributed by atoms with van der Waals surface area (Å²) in [6.07, 6.45) is 1.60. The monoisotopic (exact) mass is 520 g/mol. The quantitative estimate of drug-likeness (QED) is 0.218. The normalized spacial score (nSPS) is 9.39. The van der Waals surface area contributed by atoms with Gasteiger partial charge in [0.25, 0.3) is 17.8 Å². The number of carbonyl (C=O) groups is 3. The Bertz CT molecular complexity index is 951. The van der Waals surface area contributed by atoms with E-state index >= 15 is 0 Å². The van der Waals surface area contributed by atoms with Gasteiger partial charge < -0.3 is 26.2 Å². The van der Waals surface area contributed by atoms with Crippen molar-refractivity contribution >= 4 is 74.9 Å². The number of carbonyl (C=O) groups excluding carboxylic acids is 2. The first kappa shape index (κ1) is 31.8. The number of aliphatic carboxylic acids is 1. The van der Waals surface area contributed by atoms with Crippen LogP contribution in [0.25, 0.3) is 0 Å². The van der Waals surface area contributed by atoms with Gasteiger partial charge in [-0.1, -0.05) is 40.1 Å². The van der Waals surface area contributed by atoms with Crippen molar-refractivity contribution in [2.24, 2.45) is 10.3 Å². The Balaban J connectivity index is 0. The minimum Gasteiger partial charge on any atom is -0.481 e. The summed E-state index contributed by atoms with van der Waals surface area (Å²) >= 11 is 5.74. The third-order valence-electron chi connectivity index (χ3n) is 3.20. The van der Waals surface area contributed by atoms with Crippen LogP contribution in [0.3, 0.4) is 0 Å². The molecule has 0 aliphatic rings. The second-order valence-corrected chi connectivity index (χ2v) is 6.20. The summed E-state index contributed by atoms with van der Waals surface area (Å²) in [6, 6.07) is 12.4. The van der Waals surface area contributed by atoms with Crippen LogP contribution in [0, 0.1) is 13.8 Å². The Morgan fingerprint density at radius 2 is 1.27 bits per heavy atom. The number of nitrogens with zero attached hydrogens (tertiary/aromatic N) is 2. The molecule has 0 heterocycles. The van der Waals surface area contributed by atoms with E-state index in [4.69, 9.17) is 31.9 Å². The van der Waals surface area contributed by atoms with Crippen LogP contribution in [0.2, 0.25) is 5.02 Å². The smallest absolute Gasteiger partial charge is 0.300 e. The van der Waals surface area contributed by atoms with Crippen molar-refractivity contribution in [3.05, 3.63) is 58.6 Å². The maximum atomic E-state index is 11.0. The largest absolute Gasteiger partial charge is 0.481 e. The summed E-state index contributed by atoms with van der Waals surface area (Å²) in [5, 5.41) is 34.6. The van der Waals surface area contributed by atoms with Gasteiger partial charge in [-0.15, -0.1) is 0 Å². The SMILES string of the molecule is CC(=O)O.Cc1cc(Cl)ccc1NC(=O)/C=N/O.Cc1ccccc1NC(=O)/C=N/O.ClCl. The molecule has 0 aromatic heterocycles. The van der Waals surface area contributed by atoms with Crippen molar-refractivity contribution in [3.8, 4) is 0 Å². The molecular formula is C20H23Cl3N4O6. The van der Waals surface area contributed by atoms with Crippen molar-refractivity contribution in [3.63, 3.8) is 0 Å². The van der Waals surface area contributed by atoms with Crippen LogP contribution >= 0.6 is 33.3 Å². The van der Waals surface area contributed by atoms with Gasteiger partial charge in [-0.05, 0) is 49.2 Å². The maximum Gasteiger partial charge on any atom is 0.300 e. The van der Waals surface area contributed by atoms with Crippen LogP contribution in [0.1, 0.15) is 18.1 Å². The Hall–Kier alpha value is -3.34. The van der Waals surface area contributed by atoms with Crippen LogP contribution in [-0.2, 0) is 14.4 Å². The zero-order chi connectivity index (χ0) is 25.8. The molecule has 0 saturated carbocycles. The summed E-state index contributed by atoms with van der Waals surface area (Å²) in [5.74, 6) is -1.77. The summed E-state index contributed by atoms with van der Waals surface area (Å²) < 4.78 is 0. The van der Waals surface area contributed by atoms with Gasteiger partial charge in [0.15, 0.2) is 0 Å². The number of carboxylic acid groups (broad SMARTS) is 1. The number of carboxylic acids is 1. The first-order chi connectivity index (χ1) is 15.6. The lowest BCUT2D eigenvalue weighted by Gasteiger charge is -2.05. The fraction of sp³-hybridized carbons (Fsp3) is 0.150. The second kappa shape index (κ2) is 19.4. The number of amides is 2. The van der Waals surface area contributed by atoms with E-state index in [0.29, 0.717) is 16.4 Å². The van der Waals surface area contributed by atoms with Gasteiger partial charge in [0.05, 0.1) is 0 Å². The highest BCUT2D eigenvalue weighted by atomic mass is 36.5. The number of aryl methyl sites for hydroxylation is 2. The Morgan fingerprint density at radius 1 is 0.848 bits per heavy atom. The molecule has 2 amide bonds. The molecule has 2 rings (SSSR count). The highest BCUT2D eigenvalue weighted by Gasteiger charge is 2.02. The molecule has 0 aliphatic carbocycles. The summed E-state index contributed by atoms with van der Waals surface area (Å²) in [5.41, 5.74) is 3.16. The van der Waals surface area contributed by atoms with Crippen molar-refractivity contribution in [1.82, 2.24) is 0 Å². The maximum absolute atomic E-state index is 11.0. The molecule has 0 atom stereocenters. The van der Waals surface area contributed by atoms with E-state index in [1.165, 1.54) is 0 Å². The predicted molar refractivity (Wildman–Crippen MR) is 130 cm³/mol. The molecule has 0 spiro atoms. The molecule has 2 aromatic carbocycles. The zero-order valence-corrected chi connectivity index (χ0v) is 20.1. The third-order valence-corrected chi connectivity index (χ3v) is 3.43. The van der Waals surface area contributed by atoms with Crippen LogP contribution in [-0.4, -0.2) is 45.7 Å². The van der Waals surface area contributed by atoms with Crippen molar-refractivity contribution in [2.45, 2.75) is 20.8 Å². The molecule has 10 nitrogen and oxygen atoms in total. The first-order valence-corrected chi connectivity index (χ1v) is 10.2. The molecule has 0 aliphatic heterocycles. The highest BCUT2D eigenvalue weighted by Crippen LogP contribution is 2.19. The van der Waals surface area contributed by atoms with Gasteiger partial charge in [-0.25, -0.2) is 0 Å². The molecule has 5 N–H and O–H groups in total. The number of rotatable bonds is 4. The highest BCUT2D eigenvalue weighted by molar-refractivity contribution is 6.85. The number of anilines is 2. The molecule has 0 bridgehead atoms. The standard InChI is InChI=1S/C9H9ClN2O2.C9H10N2O2.C2H4O2.Cl2/c1-6-4-7(10)2-3-8(6)12-9(13)5-11-14;1-7-4-2-3-5-8(7)11-9(12)6-10-13;1-2(3)4;1-2/h2-5,14H,1H3,(H,12,13);2-6,13H,1H3,(H,11,12);1H3,(H,3,4);/b11-5+;10-6+;;. The molecule has 33 heavy (non-hydrogen) atoms. The van der Waals surface area contributed by atoms with Crippen LogP contribution in [0.4, 0.5) is 11.4 Å². The lowest BCUT2D eigenvalue weighted by atomic mass is 10.2. The number of oxime groups is 2. The number of benzene rings is 2. The fourth-order valence-corrected chi connectivity index (χ4v) is 2.14. The molecule has 0 radical (unpaired) electrons. The lowest BCUT2D eigenvalue weighted by molar-refractivity contribution is -0.134. The molecule has 13 heteroatoms. The van der Waals surface area contributed by atoms with Gasteiger partial charge in [-0.3, -0.25) is 14.4 Å². The van der Waals surface area contributed by atoms with E-state index in [0.717, 1.165) is 30.5 Å². The number of para-hydroxylation sites is 1. The van der Waals surface area contributed by atoms with E-state index in [-0.39, 0.29) is 0 Å². The van der Waals surface area contributed by atoms with E-state index in [1.807, 2.05) is 32.0 Å². The predicted octanol–water partition coefficient (Wildman–Crippen LogP) is 4.91. The Morgan fingerprint density at radius 3 is 1.67 bits per heavy atom. The molecular weight excluding hydrogens is 499 g/mol. The molecule has 2 aromatic rings. The number of hydrogen-bond acceptors (Lipinski definition) is 7. The summed E-state index contributed by atoms with van der Waals surface area (Å²) in [4.78, 5) is 30.9. The number of nitrogens with one attached hydrogen (secondary N) is 2. The van der Waals surface area contributed by atoms with Crippen molar-refractivity contribution in [2.75, 3.05) is 10.6 Å². The van der Waals surface area contributed by atoms with Gasteiger partial charge in [0, 0.05) is 45.0 Å². The number of halogens is 3. The molecule has 180 valence electrons.